The van der Waals surface area contributed by atoms with Crippen LogP contribution in [0.4, 0.5) is 13.2 Å². The van der Waals surface area contributed by atoms with E-state index in [-0.39, 0.29) is 16.0 Å². The molecule has 122 valence electrons. The Kier molecular flexibility index (Phi) is 4.18. The SMILES string of the molecule is NC(=O)c1c(-c2cccc(S(N)(=O)=O)c2)cccc1C(F)(F)F. The Morgan fingerprint density at radius 1 is 1.04 bits per heavy atom. The van der Waals surface area contributed by atoms with Crippen molar-refractivity contribution in [3.63, 3.8) is 0 Å². The van der Waals surface area contributed by atoms with Gasteiger partial charge in [0.1, 0.15) is 0 Å². The number of primary sulfonamides is 1. The number of halogens is 3. The summed E-state index contributed by atoms with van der Waals surface area (Å²) in [7, 11) is -4.04. The second kappa shape index (κ2) is 5.67. The van der Waals surface area contributed by atoms with Gasteiger partial charge in [-0.05, 0) is 29.3 Å². The highest BCUT2D eigenvalue weighted by molar-refractivity contribution is 7.89. The molecule has 2 rings (SSSR count). The first-order valence-corrected chi connectivity index (χ1v) is 7.69. The van der Waals surface area contributed by atoms with Crippen molar-refractivity contribution in [1.82, 2.24) is 0 Å². The van der Waals surface area contributed by atoms with Crippen molar-refractivity contribution in [3.8, 4) is 11.1 Å². The van der Waals surface area contributed by atoms with Gasteiger partial charge in [0.25, 0.3) is 0 Å². The predicted octanol–water partition coefficient (Wildman–Crippen LogP) is 2.12. The molecule has 0 saturated heterocycles. The molecule has 2 aromatic carbocycles. The number of primary amides is 1. The van der Waals surface area contributed by atoms with E-state index in [1.807, 2.05) is 0 Å². The number of carbonyl (C=O) groups excluding carboxylic acids is 1. The summed E-state index contributed by atoms with van der Waals surface area (Å²) in [5.41, 5.74) is 3.12. The van der Waals surface area contributed by atoms with Crippen molar-refractivity contribution >= 4 is 15.9 Å². The summed E-state index contributed by atoms with van der Waals surface area (Å²) >= 11 is 0. The highest BCUT2D eigenvalue weighted by Gasteiger charge is 2.36. The minimum Gasteiger partial charge on any atom is -0.366 e. The maximum absolute atomic E-state index is 13.0. The van der Waals surface area contributed by atoms with Crippen LogP contribution in [0.2, 0.25) is 0 Å². The topological polar surface area (TPSA) is 103 Å². The summed E-state index contributed by atoms with van der Waals surface area (Å²) in [6, 6.07) is 8.02. The van der Waals surface area contributed by atoms with Crippen LogP contribution in [0, 0.1) is 0 Å². The van der Waals surface area contributed by atoms with Crippen LogP contribution in [-0.2, 0) is 16.2 Å². The molecule has 1 amide bonds. The second-order valence-corrected chi connectivity index (χ2v) is 6.22. The summed E-state index contributed by atoms with van der Waals surface area (Å²) in [6.07, 6.45) is -4.78. The highest BCUT2D eigenvalue weighted by Crippen LogP contribution is 2.36. The number of benzene rings is 2. The first kappa shape index (κ1) is 17.0. The van der Waals surface area contributed by atoms with Crippen molar-refractivity contribution in [2.75, 3.05) is 0 Å². The quantitative estimate of drug-likeness (QED) is 0.891. The van der Waals surface area contributed by atoms with Gasteiger partial charge in [-0.3, -0.25) is 4.79 Å². The van der Waals surface area contributed by atoms with Gasteiger partial charge < -0.3 is 5.73 Å². The van der Waals surface area contributed by atoms with Gasteiger partial charge in [0.05, 0.1) is 16.0 Å². The zero-order chi connectivity index (χ0) is 17.4. The lowest BCUT2D eigenvalue weighted by Gasteiger charge is -2.15. The maximum atomic E-state index is 13.0. The fraction of sp³-hybridized carbons (Fsp3) is 0.0714. The average molecular weight is 344 g/mol. The number of nitrogens with two attached hydrogens (primary N) is 2. The number of carbonyl (C=O) groups is 1. The van der Waals surface area contributed by atoms with Crippen molar-refractivity contribution < 1.29 is 26.4 Å². The minimum absolute atomic E-state index is 0.0800. The Balaban J connectivity index is 2.77. The van der Waals surface area contributed by atoms with Gasteiger partial charge in [-0.15, -0.1) is 0 Å². The van der Waals surface area contributed by atoms with E-state index in [9.17, 15) is 26.4 Å². The third-order valence-electron chi connectivity index (χ3n) is 3.09. The molecule has 0 aliphatic rings. The normalized spacial score (nSPS) is 12.2. The van der Waals surface area contributed by atoms with Crippen LogP contribution in [0.3, 0.4) is 0 Å². The monoisotopic (exact) mass is 344 g/mol. The number of sulfonamides is 1. The lowest BCUT2D eigenvalue weighted by Crippen LogP contribution is -2.20. The lowest BCUT2D eigenvalue weighted by atomic mass is 9.94. The molecule has 0 aromatic heterocycles. The highest BCUT2D eigenvalue weighted by atomic mass is 32.2. The van der Waals surface area contributed by atoms with Crippen molar-refractivity contribution in [2.45, 2.75) is 11.1 Å². The zero-order valence-corrected chi connectivity index (χ0v) is 12.3. The largest absolute Gasteiger partial charge is 0.417 e. The van der Waals surface area contributed by atoms with E-state index < -0.39 is 33.2 Å². The summed E-state index contributed by atoms with van der Waals surface area (Å²) < 4.78 is 61.9. The molecule has 2 aromatic rings. The van der Waals surface area contributed by atoms with Gasteiger partial charge in [-0.2, -0.15) is 13.2 Å². The molecule has 23 heavy (non-hydrogen) atoms. The van der Waals surface area contributed by atoms with Crippen LogP contribution in [-0.4, -0.2) is 14.3 Å². The molecule has 0 aliphatic carbocycles. The van der Waals surface area contributed by atoms with Gasteiger partial charge in [0.2, 0.25) is 15.9 Å². The lowest BCUT2D eigenvalue weighted by molar-refractivity contribution is -0.137. The van der Waals surface area contributed by atoms with Gasteiger partial charge >= 0.3 is 6.18 Å². The standard InChI is InChI=1S/C14H11F3N2O3S/c15-14(16,17)11-6-2-5-10(12(11)13(18)20)8-3-1-4-9(7-8)23(19,21)22/h1-7H,(H2,18,20)(H2,19,21,22). The van der Waals surface area contributed by atoms with Gasteiger partial charge in [-0.25, -0.2) is 13.6 Å². The number of amides is 1. The number of alkyl halides is 3. The Morgan fingerprint density at radius 3 is 2.17 bits per heavy atom. The van der Waals surface area contributed by atoms with E-state index in [2.05, 4.69) is 0 Å². The van der Waals surface area contributed by atoms with Crippen LogP contribution < -0.4 is 10.9 Å². The summed E-state index contributed by atoms with van der Waals surface area (Å²) in [5, 5.41) is 5.00. The Labute approximate surface area is 129 Å². The molecule has 0 saturated carbocycles. The molecule has 0 spiro atoms. The van der Waals surface area contributed by atoms with E-state index >= 15 is 0 Å². The molecule has 0 fully saturated rings. The van der Waals surface area contributed by atoms with Crippen LogP contribution >= 0.6 is 0 Å². The molecule has 0 heterocycles. The molecule has 0 aliphatic heterocycles. The van der Waals surface area contributed by atoms with Crippen LogP contribution in [0.15, 0.2) is 47.4 Å². The molecule has 0 bridgehead atoms. The summed E-state index contributed by atoms with van der Waals surface area (Å²) in [6.45, 7) is 0. The fourth-order valence-electron chi connectivity index (χ4n) is 2.14. The molecule has 0 unspecified atom stereocenters. The molecule has 0 radical (unpaired) electrons. The number of hydrogen-bond donors (Lipinski definition) is 2. The smallest absolute Gasteiger partial charge is 0.366 e. The fourth-order valence-corrected chi connectivity index (χ4v) is 2.69. The van der Waals surface area contributed by atoms with Crippen LogP contribution in [0.25, 0.3) is 11.1 Å². The Morgan fingerprint density at radius 2 is 1.65 bits per heavy atom. The first-order valence-electron chi connectivity index (χ1n) is 6.15. The van der Waals surface area contributed by atoms with Crippen molar-refractivity contribution in [1.29, 1.82) is 0 Å². The van der Waals surface area contributed by atoms with Crippen molar-refractivity contribution in [3.05, 3.63) is 53.6 Å². The third kappa shape index (κ3) is 3.51. The van der Waals surface area contributed by atoms with Gasteiger partial charge in [0.15, 0.2) is 0 Å². The van der Waals surface area contributed by atoms with E-state index in [4.69, 9.17) is 10.9 Å². The van der Waals surface area contributed by atoms with E-state index in [1.165, 1.54) is 24.3 Å². The van der Waals surface area contributed by atoms with E-state index in [1.54, 1.807) is 0 Å². The molecule has 0 atom stereocenters. The van der Waals surface area contributed by atoms with Crippen molar-refractivity contribution in [2.24, 2.45) is 10.9 Å². The van der Waals surface area contributed by atoms with E-state index in [0.717, 1.165) is 18.2 Å². The summed E-state index contributed by atoms with van der Waals surface area (Å²) in [4.78, 5) is 11.2. The molecule has 4 N–H and O–H groups in total. The van der Waals surface area contributed by atoms with Crippen LogP contribution in [0.5, 0.6) is 0 Å². The molecule has 5 nitrogen and oxygen atoms in total. The number of hydrogen-bond acceptors (Lipinski definition) is 3. The zero-order valence-electron chi connectivity index (χ0n) is 11.5. The Bertz CT molecular complexity index is 877. The Hall–Kier alpha value is -2.39. The predicted molar refractivity (Wildman–Crippen MR) is 76.8 cm³/mol. The van der Waals surface area contributed by atoms with E-state index in [0.29, 0.717) is 0 Å². The molecule has 9 heteroatoms. The maximum Gasteiger partial charge on any atom is 0.417 e. The minimum atomic E-state index is -4.78. The summed E-state index contributed by atoms with van der Waals surface area (Å²) in [5.74, 6) is -1.27. The molecular weight excluding hydrogens is 333 g/mol. The number of rotatable bonds is 3. The van der Waals surface area contributed by atoms with Crippen LogP contribution in [0.1, 0.15) is 15.9 Å². The second-order valence-electron chi connectivity index (χ2n) is 4.66. The first-order chi connectivity index (χ1) is 10.5. The molecular formula is C14H11F3N2O3S. The average Bonchev–Trinajstić information content (AvgIpc) is 2.44. The van der Waals surface area contributed by atoms with Gasteiger partial charge in [-0.1, -0.05) is 24.3 Å². The van der Waals surface area contributed by atoms with Gasteiger partial charge in [0, 0.05) is 0 Å². The third-order valence-corrected chi connectivity index (χ3v) is 4.00.